The van der Waals surface area contributed by atoms with Crippen molar-refractivity contribution in [1.29, 1.82) is 0 Å². The fraction of sp³-hybridized carbons (Fsp3) is 0.136. The molecule has 0 aliphatic carbocycles. The summed E-state index contributed by atoms with van der Waals surface area (Å²) in [5, 5.41) is 15.7. The number of anilines is 2. The van der Waals surface area contributed by atoms with Crippen molar-refractivity contribution in [3.63, 3.8) is 0 Å². The molecule has 10 heteroatoms. The van der Waals surface area contributed by atoms with Gasteiger partial charge in [-0.15, -0.1) is 0 Å². The molecule has 1 N–H and O–H groups in total. The minimum Gasteiger partial charge on any atom is -0.497 e. The van der Waals surface area contributed by atoms with Crippen LogP contribution in [0, 0.1) is 17.0 Å². The van der Waals surface area contributed by atoms with E-state index in [0.717, 1.165) is 11.1 Å². The van der Waals surface area contributed by atoms with Gasteiger partial charge >= 0.3 is 11.6 Å². The Hall–Kier alpha value is -4.47. The van der Waals surface area contributed by atoms with E-state index in [1.54, 1.807) is 30.3 Å². The van der Waals surface area contributed by atoms with E-state index < -0.39 is 10.6 Å². The van der Waals surface area contributed by atoms with E-state index in [9.17, 15) is 10.1 Å². The van der Waals surface area contributed by atoms with E-state index in [1.165, 1.54) is 20.5 Å². The van der Waals surface area contributed by atoms with Crippen molar-refractivity contribution in [2.75, 3.05) is 19.5 Å². The van der Waals surface area contributed by atoms with Crippen LogP contribution in [0.3, 0.4) is 0 Å². The number of aryl methyl sites for hydroxylation is 1. The van der Waals surface area contributed by atoms with Crippen molar-refractivity contribution in [3.05, 3.63) is 70.7 Å². The summed E-state index contributed by atoms with van der Waals surface area (Å²) in [5.41, 5.74) is 1.41. The molecule has 32 heavy (non-hydrogen) atoms. The zero-order valence-corrected chi connectivity index (χ0v) is 17.5. The minimum atomic E-state index is -0.600. The normalized spacial score (nSPS) is 10.6. The molecule has 0 aliphatic rings. The Balaban J connectivity index is 1.76. The van der Waals surface area contributed by atoms with Crippen molar-refractivity contribution in [2.45, 2.75) is 6.92 Å². The van der Waals surface area contributed by atoms with E-state index in [4.69, 9.17) is 14.2 Å². The summed E-state index contributed by atoms with van der Waals surface area (Å²) in [6, 6.07) is 14.1. The summed E-state index contributed by atoms with van der Waals surface area (Å²) in [6.07, 6.45) is 1.18. The van der Waals surface area contributed by atoms with Crippen molar-refractivity contribution < 1.29 is 19.1 Å². The first-order chi connectivity index (χ1) is 15.5. The molecular formula is C22H19N5O5. The Bertz CT molecular complexity index is 1310. The molecule has 2 heterocycles. The van der Waals surface area contributed by atoms with Gasteiger partial charge in [0.1, 0.15) is 23.3 Å². The summed E-state index contributed by atoms with van der Waals surface area (Å²) in [4.78, 5) is 23.9. The number of aromatic nitrogens is 3. The van der Waals surface area contributed by atoms with Gasteiger partial charge in [-0.2, -0.15) is 4.98 Å². The highest BCUT2D eigenvalue weighted by molar-refractivity contribution is 5.85. The van der Waals surface area contributed by atoms with E-state index in [1.807, 2.05) is 25.1 Å². The van der Waals surface area contributed by atoms with Crippen LogP contribution in [0.4, 0.5) is 17.2 Å². The van der Waals surface area contributed by atoms with E-state index in [-0.39, 0.29) is 11.7 Å². The smallest absolute Gasteiger partial charge is 0.373 e. The van der Waals surface area contributed by atoms with Gasteiger partial charge in [-0.1, -0.05) is 18.2 Å². The Morgan fingerprint density at radius 3 is 2.59 bits per heavy atom. The molecule has 0 saturated heterocycles. The third kappa shape index (κ3) is 4.06. The lowest BCUT2D eigenvalue weighted by Gasteiger charge is -2.13. The fourth-order valence-corrected chi connectivity index (χ4v) is 3.13. The molecule has 0 aliphatic heterocycles. The van der Waals surface area contributed by atoms with Crippen LogP contribution in [0.2, 0.25) is 0 Å². The molecule has 0 radical (unpaired) electrons. The number of para-hydroxylation sites is 1. The highest BCUT2D eigenvalue weighted by Crippen LogP contribution is 2.39. The molecule has 0 spiro atoms. The third-order valence-electron chi connectivity index (χ3n) is 4.66. The second-order valence-electron chi connectivity index (χ2n) is 6.71. The number of nitrogens with zero attached hydrogens (tertiary/aromatic N) is 4. The Morgan fingerprint density at radius 2 is 1.84 bits per heavy atom. The van der Waals surface area contributed by atoms with Gasteiger partial charge in [-0.3, -0.25) is 10.1 Å². The van der Waals surface area contributed by atoms with E-state index in [0.29, 0.717) is 28.5 Å². The molecule has 0 amide bonds. The van der Waals surface area contributed by atoms with Crippen LogP contribution >= 0.6 is 0 Å². The topological polar surface area (TPSA) is 122 Å². The first-order valence-electron chi connectivity index (χ1n) is 9.53. The molecule has 0 fully saturated rings. The average Bonchev–Trinajstić information content (AvgIpc) is 2.79. The number of hydrogen-bond donors (Lipinski definition) is 1. The highest BCUT2D eigenvalue weighted by Gasteiger charge is 2.26. The molecular weight excluding hydrogens is 414 g/mol. The Labute approximate surface area is 183 Å². The maximum atomic E-state index is 11.9. The zero-order chi connectivity index (χ0) is 22.7. The summed E-state index contributed by atoms with van der Waals surface area (Å²) in [6.45, 7) is 1.85. The second-order valence-corrected chi connectivity index (χ2v) is 6.71. The predicted octanol–water partition coefficient (Wildman–Crippen LogP) is 4.79. The molecule has 162 valence electrons. The molecule has 10 nitrogen and oxygen atoms in total. The Morgan fingerprint density at radius 1 is 1.00 bits per heavy atom. The summed E-state index contributed by atoms with van der Waals surface area (Å²) < 4.78 is 16.4. The van der Waals surface area contributed by atoms with Gasteiger partial charge in [-0.05, 0) is 31.2 Å². The number of nitrogens with one attached hydrogen (secondary N) is 1. The van der Waals surface area contributed by atoms with Gasteiger partial charge in [0, 0.05) is 17.1 Å². The van der Waals surface area contributed by atoms with Gasteiger partial charge < -0.3 is 19.5 Å². The van der Waals surface area contributed by atoms with Gasteiger partial charge in [-0.25, -0.2) is 9.97 Å². The molecule has 4 rings (SSSR count). The largest absolute Gasteiger partial charge is 0.497 e. The number of fused-ring (bicyclic) bond motifs is 1. The van der Waals surface area contributed by atoms with Crippen LogP contribution in [-0.2, 0) is 0 Å². The maximum absolute atomic E-state index is 11.9. The van der Waals surface area contributed by atoms with Crippen molar-refractivity contribution in [2.24, 2.45) is 0 Å². The third-order valence-corrected chi connectivity index (χ3v) is 4.66. The molecule has 0 unspecified atom stereocenters. The lowest BCUT2D eigenvalue weighted by atomic mass is 10.2. The first-order valence-corrected chi connectivity index (χ1v) is 9.53. The Kier molecular flexibility index (Phi) is 5.67. The molecule has 0 atom stereocenters. The van der Waals surface area contributed by atoms with Gasteiger partial charge in [0.25, 0.3) is 0 Å². The SMILES string of the molecule is COc1ccc(Nc2ncnc(Oc3cccc4ccc(C)nc34)c2[N+](=O)[O-])c(OC)c1. The van der Waals surface area contributed by atoms with Gasteiger partial charge in [0.05, 0.1) is 24.8 Å². The van der Waals surface area contributed by atoms with Crippen LogP contribution in [0.5, 0.6) is 23.1 Å². The summed E-state index contributed by atoms with van der Waals surface area (Å²) in [7, 11) is 3.02. The van der Waals surface area contributed by atoms with Gasteiger partial charge in [0.15, 0.2) is 5.75 Å². The molecule has 4 aromatic rings. The lowest BCUT2D eigenvalue weighted by Crippen LogP contribution is -2.04. The molecule has 0 bridgehead atoms. The van der Waals surface area contributed by atoms with Crippen LogP contribution in [0.1, 0.15) is 5.69 Å². The number of rotatable bonds is 7. The van der Waals surface area contributed by atoms with Crippen molar-refractivity contribution >= 4 is 28.1 Å². The van der Waals surface area contributed by atoms with Crippen molar-refractivity contribution in [3.8, 4) is 23.1 Å². The number of hydrogen-bond acceptors (Lipinski definition) is 9. The summed E-state index contributed by atoms with van der Waals surface area (Å²) >= 11 is 0. The summed E-state index contributed by atoms with van der Waals surface area (Å²) in [5.74, 6) is 1.09. The quantitative estimate of drug-likeness (QED) is 0.324. The number of methoxy groups -OCH3 is 2. The van der Waals surface area contributed by atoms with Crippen LogP contribution in [0.25, 0.3) is 10.9 Å². The van der Waals surface area contributed by atoms with Crippen LogP contribution in [0.15, 0.2) is 54.9 Å². The number of ether oxygens (including phenoxy) is 3. The fourth-order valence-electron chi connectivity index (χ4n) is 3.13. The number of nitro groups is 1. The van der Waals surface area contributed by atoms with E-state index >= 15 is 0 Å². The highest BCUT2D eigenvalue weighted by atomic mass is 16.6. The number of pyridine rings is 1. The molecule has 2 aromatic carbocycles. The first kappa shape index (κ1) is 20.8. The van der Waals surface area contributed by atoms with Crippen molar-refractivity contribution in [1.82, 2.24) is 15.0 Å². The average molecular weight is 433 g/mol. The zero-order valence-electron chi connectivity index (χ0n) is 17.5. The van der Waals surface area contributed by atoms with Crippen LogP contribution < -0.4 is 19.5 Å². The predicted molar refractivity (Wildman–Crippen MR) is 118 cm³/mol. The number of benzene rings is 2. The van der Waals surface area contributed by atoms with Gasteiger partial charge in [0.2, 0.25) is 5.82 Å². The monoisotopic (exact) mass is 433 g/mol. The lowest BCUT2D eigenvalue weighted by molar-refractivity contribution is -0.385. The second kappa shape index (κ2) is 8.72. The molecule has 0 saturated carbocycles. The van der Waals surface area contributed by atoms with Crippen LogP contribution in [-0.4, -0.2) is 34.1 Å². The maximum Gasteiger partial charge on any atom is 0.373 e. The minimum absolute atomic E-state index is 0.0483. The van der Waals surface area contributed by atoms with E-state index in [2.05, 4.69) is 20.3 Å². The standard InChI is InChI=1S/C22H19N5O5/c1-13-7-8-14-5-4-6-17(19(14)25-13)32-22-20(27(28)29)21(23-12-24-22)26-16-10-9-15(30-2)11-18(16)31-3/h4-12H,1-3H3,(H,23,24,26). The molecule has 2 aromatic heterocycles.